The second-order valence-corrected chi connectivity index (χ2v) is 7.16. The Morgan fingerprint density at radius 1 is 1.03 bits per heavy atom. The standard InChI is InChI=1S/C23H22N4O4/c1-14-10-18(15(2)27(14)20-8-9-21-22(11-20)31-13-30-21)12-24-26-23(29)17-4-6-19(7-5-17)25-16(3)28/h4-12H,13H2,1-3H3,(H,25,28)(H,26,29)/b24-12+. The molecule has 0 saturated carbocycles. The SMILES string of the molecule is CC(=O)Nc1ccc(C(=O)N/N=C/c2cc(C)n(-c3ccc4c(c3)OCO4)c2C)cc1. The van der Waals surface area contributed by atoms with Crippen LogP contribution in [0.5, 0.6) is 11.5 Å². The summed E-state index contributed by atoms with van der Waals surface area (Å²) in [4.78, 5) is 23.4. The number of carbonyl (C=O) groups is 2. The maximum Gasteiger partial charge on any atom is 0.271 e. The van der Waals surface area contributed by atoms with Gasteiger partial charge in [0.15, 0.2) is 11.5 Å². The lowest BCUT2D eigenvalue weighted by atomic mass is 10.2. The minimum absolute atomic E-state index is 0.167. The van der Waals surface area contributed by atoms with E-state index >= 15 is 0 Å². The summed E-state index contributed by atoms with van der Waals surface area (Å²) in [5.41, 5.74) is 7.46. The van der Waals surface area contributed by atoms with E-state index in [9.17, 15) is 9.59 Å². The first-order valence-corrected chi connectivity index (χ1v) is 9.72. The van der Waals surface area contributed by atoms with E-state index in [1.807, 2.05) is 38.1 Å². The number of amides is 2. The third-order valence-corrected chi connectivity index (χ3v) is 4.92. The fraction of sp³-hybridized carbons (Fsp3) is 0.174. The Balaban J connectivity index is 1.47. The summed E-state index contributed by atoms with van der Waals surface area (Å²) in [5.74, 6) is 0.952. The van der Waals surface area contributed by atoms with Crippen LogP contribution in [0.25, 0.3) is 5.69 Å². The van der Waals surface area contributed by atoms with Crippen LogP contribution < -0.4 is 20.2 Å². The summed E-state index contributed by atoms with van der Waals surface area (Å²) in [6.45, 7) is 5.65. The molecule has 0 atom stereocenters. The zero-order valence-corrected chi connectivity index (χ0v) is 17.4. The number of aromatic nitrogens is 1. The number of hydrogen-bond acceptors (Lipinski definition) is 5. The Morgan fingerprint density at radius 3 is 2.52 bits per heavy atom. The molecule has 3 aromatic rings. The Kier molecular flexibility index (Phi) is 5.44. The van der Waals surface area contributed by atoms with Crippen molar-refractivity contribution in [2.24, 2.45) is 5.10 Å². The molecule has 0 aliphatic carbocycles. The summed E-state index contributed by atoms with van der Waals surface area (Å²) >= 11 is 0. The molecule has 0 radical (unpaired) electrons. The third-order valence-electron chi connectivity index (χ3n) is 4.92. The van der Waals surface area contributed by atoms with Crippen LogP contribution in [-0.4, -0.2) is 29.4 Å². The average molecular weight is 418 g/mol. The molecule has 8 heteroatoms. The van der Waals surface area contributed by atoms with E-state index in [-0.39, 0.29) is 18.6 Å². The third kappa shape index (κ3) is 4.28. The van der Waals surface area contributed by atoms with E-state index in [0.29, 0.717) is 11.3 Å². The van der Waals surface area contributed by atoms with Crippen molar-refractivity contribution < 1.29 is 19.1 Å². The summed E-state index contributed by atoms with van der Waals surface area (Å²) in [5, 5.41) is 6.76. The van der Waals surface area contributed by atoms with E-state index in [1.54, 1.807) is 30.5 Å². The minimum Gasteiger partial charge on any atom is -0.454 e. The van der Waals surface area contributed by atoms with Crippen molar-refractivity contribution in [2.75, 3.05) is 12.1 Å². The number of ether oxygens (including phenoxy) is 2. The number of rotatable bonds is 5. The lowest BCUT2D eigenvalue weighted by Gasteiger charge is -2.10. The van der Waals surface area contributed by atoms with Crippen molar-refractivity contribution in [3.63, 3.8) is 0 Å². The molecular weight excluding hydrogens is 396 g/mol. The van der Waals surface area contributed by atoms with E-state index in [4.69, 9.17) is 9.47 Å². The van der Waals surface area contributed by atoms with Crippen molar-refractivity contribution in [3.05, 3.63) is 71.0 Å². The van der Waals surface area contributed by atoms with Crippen LogP contribution in [-0.2, 0) is 4.79 Å². The Bertz CT molecular complexity index is 1180. The summed E-state index contributed by atoms with van der Waals surface area (Å²) < 4.78 is 12.9. The van der Waals surface area contributed by atoms with Crippen LogP contribution in [0.1, 0.15) is 34.2 Å². The zero-order chi connectivity index (χ0) is 22.0. The normalized spacial score (nSPS) is 12.2. The van der Waals surface area contributed by atoms with Gasteiger partial charge in [-0.05, 0) is 56.3 Å². The predicted octanol–water partition coefficient (Wildman–Crippen LogP) is 3.55. The lowest BCUT2D eigenvalue weighted by molar-refractivity contribution is -0.114. The van der Waals surface area contributed by atoms with Crippen LogP contribution in [0.4, 0.5) is 5.69 Å². The Labute approximate surface area is 179 Å². The zero-order valence-electron chi connectivity index (χ0n) is 17.4. The molecule has 0 saturated heterocycles. The molecule has 0 fully saturated rings. The molecule has 0 spiro atoms. The first kappa shape index (κ1) is 20.2. The van der Waals surface area contributed by atoms with Gasteiger partial charge in [0.25, 0.3) is 5.91 Å². The summed E-state index contributed by atoms with van der Waals surface area (Å²) in [6, 6.07) is 14.4. The Morgan fingerprint density at radius 2 is 1.77 bits per heavy atom. The summed E-state index contributed by atoms with van der Waals surface area (Å²) in [7, 11) is 0. The molecule has 1 aliphatic rings. The van der Waals surface area contributed by atoms with Crippen LogP contribution in [0.3, 0.4) is 0 Å². The number of nitrogens with zero attached hydrogens (tertiary/aromatic N) is 2. The fourth-order valence-electron chi connectivity index (χ4n) is 3.47. The van der Waals surface area contributed by atoms with Crippen LogP contribution in [0, 0.1) is 13.8 Å². The highest BCUT2D eigenvalue weighted by molar-refractivity contribution is 5.96. The second kappa shape index (κ2) is 8.35. The quantitative estimate of drug-likeness (QED) is 0.489. The highest BCUT2D eigenvalue weighted by Gasteiger charge is 2.16. The van der Waals surface area contributed by atoms with Crippen molar-refractivity contribution in [3.8, 4) is 17.2 Å². The van der Waals surface area contributed by atoms with Gasteiger partial charge in [0.2, 0.25) is 12.7 Å². The van der Waals surface area contributed by atoms with E-state index < -0.39 is 0 Å². The van der Waals surface area contributed by atoms with Crippen LogP contribution in [0.2, 0.25) is 0 Å². The maximum atomic E-state index is 12.3. The van der Waals surface area contributed by atoms with E-state index in [0.717, 1.165) is 34.1 Å². The lowest BCUT2D eigenvalue weighted by Crippen LogP contribution is -2.17. The molecule has 2 aromatic carbocycles. The molecule has 2 heterocycles. The smallest absolute Gasteiger partial charge is 0.271 e. The molecule has 2 amide bonds. The second-order valence-electron chi connectivity index (χ2n) is 7.16. The van der Waals surface area contributed by atoms with Gasteiger partial charge < -0.3 is 19.4 Å². The minimum atomic E-state index is -0.338. The number of aryl methyl sites for hydroxylation is 1. The van der Waals surface area contributed by atoms with Gasteiger partial charge in [-0.1, -0.05) is 0 Å². The van der Waals surface area contributed by atoms with Gasteiger partial charge in [0, 0.05) is 46.9 Å². The molecular formula is C23H22N4O4. The van der Waals surface area contributed by atoms with Gasteiger partial charge in [-0.2, -0.15) is 5.10 Å². The van der Waals surface area contributed by atoms with Gasteiger partial charge in [-0.3, -0.25) is 9.59 Å². The Hall–Kier alpha value is -4.07. The van der Waals surface area contributed by atoms with Crippen LogP contribution in [0.15, 0.2) is 53.6 Å². The number of hydrogen-bond donors (Lipinski definition) is 2. The molecule has 1 aliphatic heterocycles. The molecule has 2 N–H and O–H groups in total. The molecule has 8 nitrogen and oxygen atoms in total. The van der Waals surface area contributed by atoms with Crippen molar-refractivity contribution in [2.45, 2.75) is 20.8 Å². The molecule has 0 unspecified atom stereocenters. The molecule has 31 heavy (non-hydrogen) atoms. The molecule has 1 aromatic heterocycles. The monoisotopic (exact) mass is 418 g/mol. The van der Waals surface area contributed by atoms with Crippen molar-refractivity contribution in [1.82, 2.24) is 9.99 Å². The highest BCUT2D eigenvalue weighted by Crippen LogP contribution is 2.34. The number of nitrogens with one attached hydrogen (secondary N) is 2. The molecule has 0 bridgehead atoms. The number of carbonyl (C=O) groups excluding carboxylic acids is 2. The number of benzene rings is 2. The number of anilines is 1. The largest absolute Gasteiger partial charge is 0.454 e. The highest BCUT2D eigenvalue weighted by atomic mass is 16.7. The van der Waals surface area contributed by atoms with Crippen molar-refractivity contribution >= 4 is 23.7 Å². The van der Waals surface area contributed by atoms with E-state index in [2.05, 4.69) is 20.4 Å². The van der Waals surface area contributed by atoms with E-state index in [1.165, 1.54) is 6.92 Å². The van der Waals surface area contributed by atoms with Crippen LogP contribution >= 0.6 is 0 Å². The van der Waals surface area contributed by atoms with Gasteiger partial charge in [-0.15, -0.1) is 0 Å². The number of hydrazone groups is 1. The maximum absolute atomic E-state index is 12.3. The van der Waals surface area contributed by atoms with Crippen molar-refractivity contribution in [1.29, 1.82) is 0 Å². The first-order valence-electron chi connectivity index (χ1n) is 9.72. The number of fused-ring (bicyclic) bond motifs is 1. The predicted molar refractivity (Wildman–Crippen MR) is 117 cm³/mol. The topological polar surface area (TPSA) is 94.0 Å². The summed E-state index contributed by atoms with van der Waals surface area (Å²) in [6.07, 6.45) is 1.62. The molecule has 158 valence electrons. The molecule has 4 rings (SSSR count). The first-order chi connectivity index (χ1) is 14.9. The van der Waals surface area contributed by atoms with Gasteiger partial charge >= 0.3 is 0 Å². The van der Waals surface area contributed by atoms with Gasteiger partial charge in [-0.25, -0.2) is 5.43 Å². The van der Waals surface area contributed by atoms with Gasteiger partial charge in [0.05, 0.1) is 6.21 Å². The van der Waals surface area contributed by atoms with Gasteiger partial charge in [0.1, 0.15) is 0 Å². The fourth-order valence-corrected chi connectivity index (χ4v) is 3.47. The average Bonchev–Trinajstić information content (AvgIpc) is 3.31.